The second-order valence-electron chi connectivity index (χ2n) is 12.3. The summed E-state index contributed by atoms with van der Waals surface area (Å²) < 4.78 is 5.91. The number of rotatable bonds is 5. The van der Waals surface area contributed by atoms with Crippen molar-refractivity contribution in [2.45, 2.75) is 104 Å². The van der Waals surface area contributed by atoms with Crippen molar-refractivity contribution in [1.82, 2.24) is 0 Å². The average Bonchev–Trinajstić information content (AvgIpc) is 3.05. The lowest BCUT2D eigenvalue weighted by Gasteiger charge is -2.62. The summed E-state index contributed by atoms with van der Waals surface area (Å²) in [5, 5.41) is 22.3. The Bertz CT molecular complexity index is 726. The minimum atomic E-state index is -0.966. The van der Waals surface area contributed by atoms with Gasteiger partial charge in [-0.1, -0.05) is 58.4 Å². The summed E-state index contributed by atoms with van der Waals surface area (Å²) in [4.78, 5) is 0. The van der Waals surface area contributed by atoms with E-state index in [-0.39, 0.29) is 11.5 Å². The van der Waals surface area contributed by atoms with Gasteiger partial charge < -0.3 is 14.9 Å². The lowest BCUT2D eigenvalue weighted by atomic mass is 9.45. The highest BCUT2D eigenvalue weighted by Crippen LogP contribution is 2.67. The quantitative estimate of drug-likeness (QED) is 0.534. The van der Waals surface area contributed by atoms with E-state index in [0.717, 1.165) is 31.1 Å². The standard InChI is InChI=1S/C28H46O3/c1-18(2)8-7-9-19(3)22-10-11-23-21-16-25(31-6)28(30)17-20(29)12-15-27(28,5)24(21)13-14-26(22,23)4/h7,9,16,18-20,22-25,29-30H,8,10-15,17H2,1-6H3. The number of aliphatic hydroxyl groups excluding tert-OH is 1. The first-order chi connectivity index (χ1) is 14.6. The Morgan fingerprint density at radius 1 is 1.10 bits per heavy atom. The van der Waals surface area contributed by atoms with E-state index in [4.69, 9.17) is 4.74 Å². The molecule has 0 aliphatic heterocycles. The molecule has 2 N–H and O–H groups in total. The monoisotopic (exact) mass is 430 g/mol. The first-order valence-corrected chi connectivity index (χ1v) is 12.9. The number of allylic oxidation sites excluding steroid dienone is 3. The molecule has 0 aromatic heterocycles. The molecule has 0 aromatic rings. The Kier molecular flexibility index (Phi) is 6.29. The lowest BCUT2D eigenvalue weighted by Crippen LogP contribution is -2.65. The molecule has 3 nitrogen and oxygen atoms in total. The zero-order valence-corrected chi connectivity index (χ0v) is 20.7. The molecule has 9 unspecified atom stereocenters. The first-order valence-electron chi connectivity index (χ1n) is 12.9. The average molecular weight is 431 g/mol. The molecule has 0 saturated heterocycles. The molecule has 31 heavy (non-hydrogen) atoms. The van der Waals surface area contributed by atoms with E-state index in [1.54, 1.807) is 12.7 Å². The van der Waals surface area contributed by atoms with Crippen LogP contribution in [0.25, 0.3) is 0 Å². The summed E-state index contributed by atoms with van der Waals surface area (Å²) in [6.45, 7) is 11.8. The Morgan fingerprint density at radius 2 is 1.84 bits per heavy atom. The number of methoxy groups -OCH3 is 1. The third-order valence-electron chi connectivity index (χ3n) is 10.2. The van der Waals surface area contributed by atoms with E-state index in [1.165, 1.54) is 25.7 Å². The van der Waals surface area contributed by atoms with Crippen LogP contribution in [-0.2, 0) is 4.74 Å². The van der Waals surface area contributed by atoms with Gasteiger partial charge >= 0.3 is 0 Å². The van der Waals surface area contributed by atoms with E-state index < -0.39 is 11.7 Å². The van der Waals surface area contributed by atoms with Crippen LogP contribution in [0.15, 0.2) is 23.8 Å². The summed E-state index contributed by atoms with van der Waals surface area (Å²) in [5.41, 5.74) is 0.734. The maximum Gasteiger partial charge on any atom is 0.105 e. The SMILES string of the molecule is COC1C=C2C3CCC(C(C)C=CCC(C)C)C3(C)CCC2C2(C)CCC(O)CC12O. The fourth-order valence-corrected chi connectivity index (χ4v) is 8.39. The molecule has 176 valence electrons. The molecule has 3 fully saturated rings. The van der Waals surface area contributed by atoms with Crippen molar-refractivity contribution in [1.29, 1.82) is 0 Å². The van der Waals surface area contributed by atoms with E-state index in [0.29, 0.717) is 29.6 Å². The van der Waals surface area contributed by atoms with Gasteiger partial charge in [0.25, 0.3) is 0 Å². The molecule has 3 saturated carbocycles. The van der Waals surface area contributed by atoms with Gasteiger partial charge in [-0.05, 0) is 80.0 Å². The second-order valence-corrected chi connectivity index (χ2v) is 12.3. The van der Waals surface area contributed by atoms with E-state index in [9.17, 15) is 10.2 Å². The van der Waals surface area contributed by atoms with Gasteiger partial charge in [-0.3, -0.25) is 0 Å². The number of hydrogen-bond acceptors (Lipinski definition) is 3. The lowest BCUT2D eigenvalue weighted by molar-refractivity contribution is -0.216. The van der Waals surface area contributed by atoms with Crippen LogP contribution >= 0.6 is 0 Å². The summed E-state index contributed by atoms with van der Waals surface area (Å²) in [6, 6.07) is 0. The normalized spacial score (nSPS) is 48.3. The van der Waals surface area contributed by atoms with Crippen LogP contribution in [0.3, 0.4) is 0 Å². The molecule has 4 aliphatic carbocycles. The van der Waals surface area contributed by atoms with Gasteiger partial charge in [-0.15, -0.1) is 0 Å². The number of fused-ring (bicyclic) bond motifs is 5. The summed E-state index contributed by atoms with van der Waals surface area (Å²) in [5.74, 6) is 3.08. The van der Waals surface area contributed by atoms with Crippen LogP contribution in [0.1, 0.15) is 86.0 Å². The highest BCUT2D eigenvalue weighted by molar-refractivity contribution is 5.33. The van der Waals surface area contributed by atoms with Gasteiger partial charge in [-0.2, -0.15) is 0 Å². The van der Waals surface area contributed by atoms with Gasteiger partial charge in [0.1, 0.15) is 11.7 Å². The smallest absolute Gasteiger partial charge is 0.105 e. The third kappa shape index (κ3) is 3.58. The number of aliphatic hydroxyl groups is 2. The predicted octanol–water partition coefficient (Wildman–Crippen LogP) is 5.90. The molecule has 4 aliphatic rings. The highest BCUT2D eigenvalue weighted by atomic mass is 16.5. The van der Waals surface area contributed by atoms with Gasteiger partial charge in [0.15, 0.2) is 0 Å². The van der Waals surface area contributed by atoms with Crippen molar-refractivity contribution in [2.75, 3.05) is 7.11 Å². The molecular weight excluding hydrogens is 384 g/mol. The zero-order valence-electron chi connectivity index (χ0n) is 20.7. The summed E-state index contributed by atoms with van der Waals surface area (Å²) >= 11 is 0. The molecule has 0 bridgehead atoms. The fraction of sp³-hybridized carbons (Fsp3) is 0.857. The molecule has 0 radical (unpaired) electrons. The molecule has 0 aromatic carbocycles. The van der Waals surface area contributed by atoms with Gasteiger partial charge in [0.2, 0.25) is 0 Å². The van der Waals surface area contributed by atoms with Crippen molar-refractivity contribution < 1.29 is 14.9 Å². The maximum absolute atomic E-state index is 11.9. The maximum atomic E-state index is 11.9. The minimum Gasteiger partial charge on any atom is -0.393 e. The minimum absolute atomic E-state index is 0.209. The molecule has 4 rings (SSSR count). The first kappa shape index (κ1) is 23.5. The van der Waals surface area contributed by atoms with Crippen molar-refractivity contribution >= 4 is 0 Å². The highest BCUT2D eigenvalue weighted by Gasteiger charge is 2.65. The Hall–Kier alpha value is -0.640. The Morgan fingerprint density at radius 3 is 2.52 bits per heavy atom. The topological polar surface area (TPSA) is 49.7 Å². The molecular formula is C28H46O3. The van der Waals surface area contributed by atoms with E-state index in [2.05, 4.69) is 52.8 Å². The van der Waals surface area contributed by atoms with Crippen LogP contribution < -0.4 is 0 Å². The summed E-state index contributed by atoms with van der Waals surface area (Å²) in [7, 11) is 1.72. The molecule has 3 heteroatoms. The van der Waals surface area contributed by atoms with Crippen molar-refractivity contribution in [3.05, 3.63) is 23.8 Å². The van der Waals surface area contributed by atoms with Gasteiger partial charge in [0, 0.05) is 18.9 Å². The summed E-state index contributed by atoms with van der Waals surface area (Å²) in [6.07, 6.45) is 14.7. The second kappa shape index (κ2) is 8.29. The van der Waals surface area contributed by atoms with Crippen LogP contribution in [0.4, 0.5) is 0 Å². The van der Waals surface area contributed by atoms with Crippen molar-refractivity contribution in [2.24, 2.45) is 40.4 Å². The number of ether oxygens (including phenoxy) is 1. The van der Waals surface area contributed by atoms with Crippen LogP contribution in [0.5, 0.6) is 0 Å². The van der Waals surface area contributed by atoms with E-state index >= 15 is 0 Å². The Labute approximate surface area is 190 Å². The third-order valence-corrected chi connectivity index (χ3v) is 10.2. The van der Waals surface area contributed by atoms with Gasteiger partial charge in [-0.25, -0.2) is 0 Å². The van der Waals surface area contributed by atoms with Crippen molar-refractivity contribution in [3.63, 3.8) is 0 Å². The molecule has 0 amide bonds. The molecule has 0 spiro atoms. The van der Waals surface area contributed by atoms with Gasteiger partial charge in [0.05, 0.1) is 6.10 Å². The molecule has 0 heterocycles. The van der Waals surface area contributed by atoms with Crippen LogP contribution in [0.2, 0.25) is 0 Å². The van der Waals surface area contributed by atoms with E-state index in [1.807, 2.05) is 0 Å². The zero-order chi connectivity index (χ0) is 22.6. The largest absolute Gasteiger partial charge is 0.393 e. The fourth-order valence-electron chi connectivity index (χ4n) is 8.39. The molecule has 9 atom stereocenters. The van der Waals surface area contributed by atoms with Crippen molar-refractivity contribution in [3.8, 4) is 0 Å². The predicted molar refractivity (Wildman–Crippen MR) is 127 cm³/mol. The van der Waals surface area contributed by atoms with Crippen LogP contribution in [0, 0.1) is 40.4 Å². The number of hydrogen-bond donors (Lipinski definition) is 2. The van der Waals surface area contributed by atoms with Crippen LogP contribution in [-0.4, -0.2) is 35.1 Å². The Balaban J connectivity index is 1.64.